The van der Waals surface area contributed by atoms with Crippen molar-refractivity contribution < 1.29 is 4.42 Å². The first kappa shape index (κ1) is 36.4. The van der Waals surface area contributed by atoms with E-state index >= 15 is 0 Å². The molecule has 61 heavy (non-hydrogen) atoms. The van der Waals surface area contributed by atoms with Gasteiger partial charge in [0.1, 0.15) is 11.2 Å². The minimum Gasteiger partial charge on any atom is -0.455 e. The molecule has 1 aromatic heterocycles. The fraction of sp³-hybridized carbons (Fsp3) is 0. The summed E-state index contributed by atoms with van der Waals surface area (Å²) in [6.45, 7) is 0. The first-order chi connectivity index (χ1) is 30.3. The summed E-state index contributed by atoms with van der Waals surface area (Å²) < 4.78 is 6.57. The van der Waals surface area contributed by atoms with Crippen molar-refractivity contribution in [1.82, 2.24) is 0 Å². The van der Waals surface area contributed by atoms with Crippen molar-refractivity contribution in [3.05, 3.63) is 249 Å². The first-order valence-corrected chi connectivity index (χ1v) is 22.9. The largest absolute Gasteiger partial charge is 0.455 e. The van der Waals surface area contributed by atoms with Gasteiger partial charge in [-0.1, -0.05) is 206 Å². The van der Waals surface area contributed by atoms with Crippen molar-refractivity contribution in [3.8, 4) is 22.3 Å². The van der Waals surface area contributed by atoms with Gasteiger partial charge in [-0.15, -0.1) is 0 Å². The molecule has 1 heterocycles. The van der Waals surface area contributed by atoms with Gasteiger partial charge < -0.3 is 9.32 Å². The van der Waals surface area contributed by atoms with E-state index in [9.17, 15) is 0 Å². The standard InChI is InChI=1S/C58H41NOSi/c1-5-18-42(19-6-1)43-34-36-46(37-35-43)59(56-32-17-31-54-52(56)38-39-55-53-30-13-14-33-57(53)60-58(54)55)47-22-15-20-44(40-47)45-21-16-29-51(41-45)61(48-23-7-2-8-24-48,49-25-9-3-10-26-49)50-27-11-4-12-28-50/h1-41H. The van der Waals surface area contributed by atoms with E-state index in [1.807, 2.05) is 6.07 Å². The van der Waals surface area contributed by atoms with Crippen LogP contribution in [-0.2, 0) is 0 Å². The molecule has 11 aromatic rings. The van der Waals surface area contributed by atoms with E-state index in [0.29, 0.717) is 0 Å². The van der Waals surface area contributed by atoms with Crippen molar-refractivity contribution in [2.45, 2.75) is 0 Å². The number of hydrogen-bond acceptors (Lipinski definition) is 2. The van der Waals surface area contributed by atoms with Gasteiger partial charge in [-0.25, -0.2) is 0 Å². The van der Waals surface area contributed by atoms with Crippen LogP contribution in [0.3, 0.4) is 0 Å². The van der Waals surface area contributed by atoms with E-state index in [4.69, 9.17) is 4.42 Å². The molecular formula is C58H41NOSi. The van der Waals surface area contributed by atoms with Crippen LogP contribution in [0.4, 0.5) is 17.1 Å². The van der Waals surface area contributed by atoms with E-state index in [1.165, 1.54) is 37.4 Å². The van der Waals surface area contributed by atoms with Crippen LogP contribution in [0.2, 0.25) is 0 Å². The lowest BCUT2D eigenvalue weighted by atomic mass is 10.0. The Bertz CT molecular complexity index is 3190. The Hall–Kier alpha value is -7.72. The molecule has 0 amide bonds. The third kappa shape index (κ3) is 6.35. The second-order valence-electron chi connectivity index (χ2n) is 15.6. The summed E-state index contributed by atoms with van der Waals surface area (Å²) in [6.07, 6.45) is 0. The highest BCUT2D eigenvalue weighted by molar-refractivity contribution is 7.19. The maximum absolute atomic E-state index is 6.57. The lowest BCUT2D eigenvalue weighted by Crippen LogP contribution is -2.74. The minimum atomic E-state index is -2.72. The third-order valence-electron chi connectivity index (χ3n) is 12.2. The summed E-state index contributed by atoms with van der Waals surface area (Å²) in [7, 11) is -2.72. The van der Waals surface area contributed by atoms with Gasteiger partial charge in [0.25, 0.3) is 0 Å². The third-order valence-corrected chi connectivity index (χ3v) is 17.0. The van der Waals surface area contributed by atoms with Crippen LogP contribution in [0.5, 0.6) is 0 Å². The molecule has 0 radical (unpaired) electrons. The number of furan rings is 1. The van der Waals surface area contributed by atoms with Crippen LogP contribution in [-0.4, -0.2) is 8.07 Å². The monoisotopic (exact) mass is 795 g/mol. The van der Waals surface area contributed by atoms with E-state index in [2.05, 4.69) is 248 Å². The maximum Gasteiger partial charge on any atom is 0.179 e. The molecule has 0 atom stereocenters. The van der Waals surface area contributed by atoms with Crippen LogP contribution in [0.15, 0.2) is 253 Å². The smallest absolute Gasteiger partial charge is 0.179 e. The van der Waals surface area contributed by atoms with E-state index < -0.39 is 8.07 Å². The SMILES string of the molecule is c1ccc(-c2ccc(N(c3cccc(-c4cccc([Si](c5ccccc5)(c5ccccc5)c5ccccc5)c4)c3)c3cccc4c3ccc3c5ccccc5oc43)cc2)cc1. The fourth-order valence-electron chi connectivity index (χ4n) is 9.40. The van der Waals surface area contributed by atoms with Crippen LogP contribution in [0, 0.1) is 0 Å². The Labute approximate surface area is 357 Å². The number of anilines is 3. The molecule has 0 aliphatic heterocycles. The number of para-hydroxylation sites is 1. The second kappa shape index (κ2) is 15.5. The lowest BCUT2D eigenvalue weighted by molar-refractivity contribution is 0.672. The molecule has 3 heteroatoms. The molecule has 0 bridgehead atoms. The molecule has 0 spiro atoms. The number of rotatable bonds is 9. The molecule has 0 aliphatic rings. The molecule has 0 aliphatic carbocycles. The molecule has 0 fully saturated rings. The van der Waals surface area contributed by atoms with Crippen molar-refractivity contribution in [2.24, 2.45) is 0 Å². The molecular weight excluding hydrogens is 755 g/mol. The van der Waals surface area contributed by atoms with Gasteiger partial charge in [0.05, 0.1) is 5.69 Å². The van der Waals surface area contributed by atoms with Gasteiger partial charge in [-0.2, -0.15) is 0 Å². The average Bonchev–Trinajstić information content (AvgIpc) is 3.73. The minimum absolute atomic E-state index is 0.901. The highest BCUT2D eigenvalue weighted by Crippen LogP contribution is 2.43. The highest BCUT2D eigenvalue weighted by atomic mass is 28.3. The van der Waals surface area contributed by atoms with Crippen LogP contribution in [0.1, 0.15) is 0 Å². The number of hydrogen-bond donors (Lipinski definition) is 0. The van der Waals surface area contributed by atoms with Crippen LogP contribution < -0.4 is 25.6 Å². The van der Waals surface area contributed by atoms with Crippen molar-refractivity contribution in [1.29, 1.82) is 0 Å². The van der Waals surface area contributed by atoms with E-state index in [0.717, 1.165) is 55.3 Å². The average molecular weight is 796 g/mol. The Morgan fingerprint density at radius 3 is 1.44 bits per heavy atom. The maximum atomic E-state index is 6.57. The summed E-state index contributed by atoms with van der Waals surface area (Å²) in [5.41, 5.74) is 9.76. The predicted octanol–water partition coefficient (Wildman–Crippen LogP) is 12.9. The zero-order chi connectivity index (χ0) is 40.6. The lowest BCUT2D eigenvalue weighted by Gasteiger charge is -2.34. The molecule has 0 unspecified atom stereocenters. The molecule has 0 saturated carbocycles. The van der Waals surface area contributed by atoms with Gasteiger partial charge in [0, 0.05) is 32.9 Å². The van der Waals surface area contributed by atoms with Crippen LogP contribution >= 0.6 is 0 Å². The van der Waals surface area contributed by atoms with Crippen molar-refractivity contribution >= 4 is 78.6 Å². The number of benzene rings is 10. The topological polar surface area (TPSA) is 16.4 Å². The first-order valence-electron chi connectivity index (χ1n) is 20.9. The zero-order valence-corrected chi connectivity index (χ0v) is 34.5. The normalized spacial score (nSPS) is 11.6. The van der Waals surface area contributed by atoms with Gasteiger partial charge in [-0.05, 0) is 85.5 Å². The number of fused-ring (bicyclic) bond motifs is 5. The second-order valence-corrected chi connectivity index (χ2v) is 19.4. The Kier molecular flexibility index (Phi) is 9.22. The zero-order valence-electron chi connectivity index (χ0n) is 33.5. The summed E-state index contributed by atoms with van der Waals surface area (Å²) in [5, 5.41) is 9.89. The highest BCUT2D eigenvalue weighted by Gasteiger charge is 2.41. The molecule has 10 aromatic carbocycles. The quantitative estimate of drug-likeness (QED) is 0.107. The predicted molar refractivity (Wildman–Crippen MR) is 260 cm³/mol. The van der Waals surface area contributed by atoms with Gasteiger partial charge in [0.15, 0.2) is 8.07 Å². The van der Waals surface area contributed by atoms with Gasteiger partial charge in [-0.3, -0.25) is 0 Å². The Balaban J connectivity index is 1.09. The summed E-state index contributed by atoms with van der Waals surface area (Å²) in [6, 6.07) is 90.6. The van der Waals surface area contributed by atoms with E-state index in [-0.39, 0.29) is 0 Å². The molecule has 11 rings (SSSR count). The van der Waals surface area contributed by atoms with E-state index in [1.54, 1.807) is 0 Å². The fourth-order valence-corrected chi connectivity index (χ4v) is 14.2. The summed E-state index contributed by atoms with van der Waals surface area (Å²) in [4.78, 5) is 2.40. The Morgan fingerprint density at radius 1 is 0.295 bits per heavy atom. The van der Waals surface area contributed by atoms with Gasteiger partial charge in [0.2, 0.25) is 0 Å². The molecule has 0 saturated heterocycles. The van der Waals surface area contributed by atoms with Crippen molar-refractivity contribution in [3.63, 3.8) is 0 Å². The van der Waals surface area contributed by atoms with Crippen LogP contribution in [0.25, 0.3) is 55.0 Å². The van der Waals surface area contributed by atoms with Crippen molar-refractivity contribution in [2.75, 3.05) is 4.90 Å². The summed E-state index contributed by atoms with van der Waals surface area (Å²) in [5.74, 6) is 0. The molecule has 0 N–H and O–H groups in total. The number of nitrogens with zero attached hydrogens (tertiary/aromatic N) is 1. The Morgan fingerprint density at radius 2 is 0.770 bits per heavy atom. The summed E-state index contributed by atoms with van der Waals surface area (Å²) >= 11 is 0. The molecule has 288 valence electrons. The molecule has 2 nitrogen and oxygen atoms in total. The van der Waals surface area contributed by atoms with Gasteiger partial charge >= 0.3 is 0 Å².